The molecule has 1 aromatic carbocycles. The summed E-state index contributed by atoms with van der Waals surface area (Å²) in [4.78, 5) is 11.7. The standard InChI is InChI=1S/C16H26N2O3/c1-12(19)9-10-17-15(20)18-11-16(2,3)13-5-7-14(21-4)8-6-13/h5-8,12,19H,9-11H2,1-4H3,(H2,17,18,20). The van der Waals surface area contributed by atoms with Crippen molar-refractivity contribution in [3.05, 3.63) is 29.8 Å². The highest BCUT2D eigenvalue weighted by atomic mass is 16.5. The number of methoxy groups -OCH3 is 1. The first-order valence-electron chi connectivity index (χ1n) is 7.19. The monoisotopic (exact) mass is 294 g/mol. The molecule has 0 radical (unpaired) electrons. The minimum atomic E-state index is -0.402. The van der Waals surface area contributed by atoms with Crippen molar-refractivity contribution in [2.45, 2.75) is 38.7 Å². The van der Waals surface area contributed by atoms with Gasteiger partial charge in [-0.1, -0.05) is 26.0 Å². The van der Waals surface area contributed by atoms with Gasteiger partial charge < -0.3 is 20.5 Å². The van der Waals surface area contributed by atoms with Gasteiger partial charge in [-0.05, 0) is 31.0 Å². The van der Waals surface area contributed by atoms with Gasteiger partial charge in [-0.2, -0.15) is 0 Å². The van der Waals surface area contributed by atoms with Crippen molar-refractivity contribution >= 4 is 6.03 Å². The van der Waals surface area contributed by atoms with Crippen LogP contribution in [0.4, 0.5) is 4.79 Å². The fourth-order valence-corrected chi connectivity index (χ4v) is 1.90. The molecule has 0 aliphatic rings. The molecule has 1 rings (SSSR count). The van der Waals surface area contributed by atoms with Gasteiger partial charge in [0.05, 0.1) is 13.2 Å². The fraction of sp³-hybridized carbons (Fsp3) is 0.562. The number of amides is 2. The molecule has 3 N–H and O–H groups in total. The molecule has 0 spiro atoms. The Kier molecular flexibility index (Phi) is 6.49. The lowest BCUT2D eigenvalue weighted by Crippen LogP contribution is -2.42. The van der Waals surface area contributed by atoms with Gasteiger partial charge in [0.2, 0.25) is 0 Å². The quantitative estimate of drug-likeness (QED) is 0.721. The number of carbonyl (C=O) groups is 1. The van der Waals surface area contributed by atoms with E-state index in [1.54, 1.807) is 14.0 Å². The average molecular weight is 294 g/mol. The maximum Gasteiger partial charge on any atom is 0.314 e. The number of ether oxygens (including phenoxy) is 1. The number of benzene rings is 1. The average Bonchev–Trinajstić information content (AvgIpc) is 2.45. The Morgan fingerprint density at radius 2 is 1.90 bits per heavy atom. The summed E-state index contributed by atoms with van der Waals surface area (Å²) in [6.07, 6.45) is 0.149. The third kappa shape index (κ3) is 6.04. The Hall–Kier alpha value is -1.75. The number of urea groups is 1. The highest BCUT2D eigenvalue weighted by Crippen LogP contribution is 2.24. The summed E-state index contributed by atoms with van der Waals surface area (Å²) >= 11 is 0. The van der Waals surface area contributed by atoms with E-state index in [1.165, 1.54) is 0 Å². The Morgan fingerprint density at radius 3 is 2.43 bits per heavy atom. The molecule has 0 heterocycles. The summed E-state index contributed by atoms with van der Waals surface area (Å²) in [5.74, 6) is 0.818. The molecule has 0 aromatic heterocycles. The number of hydrogen-bond donors (Lipinski definition) is 3. The smallest absolute Gasteiger partial charge is 0.314 e. The van der Waals surface area contributed by atoms with Crippen molar-refractivity contribution in [3.8, 4) is 5.75 Å². The second-order valence-electron chi connectivity index (χ2n) is 5.86. The van der Waals surface area contributed by atoms with Crippen LogP contribution in [0.3, 0.4) is 0 Å². The lowest BCUT2D eigenvalue weighted by atomic mass is 9.84. The molecule has 1 aromatic rings. The lowest BCUT2D eigenvalue weighted by molar-refractivity contribution is 0.183. The number of aliphatic hydroxyl groups excluding tert-OH is 1. The van der Waals surface area contributed by atoms with Gasteiger partial charge in [-0.15, -0.1) is 0 Å². The van der Waals surface area contributed by atoms with Crippen molar-refractivity contribution in [2.75, 3.05) is 20.2 Å². The van der Waals surface area contributed by atoms with Crippen LogP contribution in [-0.4, -0.2) is 37.4 Å². The van der Waals surface area contributed by atoms with Crippen LogP contribution in [0, 0.1) is 0 Å². The highest BCUT2D eigenvalue weighted by Gasteiger charge is 2.21. The first kappa shape index (κ1) is 17.3. The van der Waals surface area contributed by atoms with E-state index in [1.807, 2.05) is 24.3 Å². The fourth-order valence-electron chi connectivity index (χ4n) is 1.90. The largest absolute Gasteiger partial charge is 0.497 e. The van der Waals surface area contributed by atoms with Crippen LogP contribution in [0.2, 0.25) is 0 Å². The molecule has 21 heavy (non-hydrogen) atoms. The van der Waals surface area contributed by atoms with Crippen LogP contribution in [0.5, 0.6) is 5.75 Å². The molecule has 118 valence electrons. The normalized spacial score (nSPS) is 12.6. The summed E-state index contributed by atoms with van der Waals surface area (Å²) in [5.41, 5.74) is 0.959. The summed E-state index contributed by atoms with van der Waals surface area (Å²) in [7, 11) is 1.64. The maximum atomic E-state index is 11.7. The van der Waals surface area contributed by atoms with Crippen molar-refractivity contribution in [1.29, 1.82) is 0 Å². The van der Waals surface area contributed by atoms with E-state index in [9.17, 15) is 4.79 Å². The number of hydrogen-bond acceptors (Lipinski definition) is 3. The van der Waals surface area contributed by atoms with Gasteiger partial charge in [-0.25, -0.2) is 4.79 Å². The van der Waals surface area contributed by atoms with E-state index >= 15 is 0 Å². The van der Waals surface area contributed by atoms with Crippen LogP contribution in [-0.2, 0) is 5.41 Å². The molecule has 0 saturated carbocycles. The van der Waals surface area contributed by atoms with Gasteiger partial charge >= 0.3 is 6.03 Å². The first-order chi connectivity index (χ1) is 9.85. The minimum Gasteiger partial charge on any atom is -0.497 e. The van der Waals surface area contributed by atoms with Gasteiger partial charge in [0.1, 0.15) is 5.75 Å². The Morgan fingerprint density at radius 1 is 1.29 bits per heavy atom. The van der Waals surface area contributed by atoms with E-state index in [4.69, 9.17) is 9.84 Å². The third-order valence-electron chi connectivity index (χ3n) is 3.41. The van der Waals surface area contributed by atoms with Crippen LogP contribution in [0.15, 0.2) is 24.3 Å². The Bertz CT molecular complexity index is 441. The molecule has 0 saturated heterocycles. The van der Waals surface area contributed by atoms with Crippen LogP contribution in [0.1, 0.15) is 32.8 Å². The van der Waals surface area contributed by atoms with Crippen molar-refractivity contribution < 1.29 is 14.6 Å². The number of rotatable bonds is 7. The van der Waals surface area contributed by atoms with Crippen LogP contribution < -0.4 is 15.4 Å². The second-order valence-corrected chi connectivity index (χ2v) is 5.86. The van der Waals surface area contributed by atoms with Crippen molar-refractivity contribution in [1.82, 2.24) is 10.6 Å². The van der Waals surface area contributed by atoms with Gasteiger partial charge in [-0.3, -0.25) is 0 Å². The maximum absolute atomic E-state index is 11.7. The predicted octanol–water partition coefficient (Wildman–Crippen LogP) is 2.04. The zero-order valence-electron chi connectivity index (χ0n) is 13.3. The SMILES string of the molecule is COc1ccc(C(C)(C)CNC(=O)NCCC(C)O)cc1. The van der Waals surface area contributed by atoms with Crippen molar-refractivity contribution in [2.24, 2.45) is 0 Å². The van der Waals surface area contributed by atoms with E-state index in [0.29, 0.717) is 19.5 Å². The van der Waals surface area contributed by atoms with E-state index in [0.717, 1.165) is 11.3 Å². The van der Waals surface area contributed by atoms with Crippen LogP contribution >= 0.6 is 0 Å². The molecule has 0 bridgehead atoms. The van der Waals surface area contributed by atoms with Gasteiger partial charge in [0.25, 0.3) is 0 Å². The predicted molar refractivity (Wildman–Crippen MR) is 83.7 cm³/mol. The summed E-state index contributed by atoms with van der Waals surface area (Å²) < 4.78 is 5.14. The van der Waals surface area contributed by atoms with Crippen LogP contribution in [0.25, 0.3) is 0 Å². The summed E-state index contributed by atoms with van der Waals surface area (Å²) in [5, 5.41) is 14.7. The molecular formula is C16H26N2O3. The molecule has 5 heteroatoms. The summed E-state index contributed by atoms with van der Waals surface area (Å²) in [6.45, 7) is 6.84. The molecule has 1 atom stereocenters. The first-order valence-corrected chi connectivity index (χ1v) is 7.19. The molecule has 0 fully saturated rings. The van der Waals surface area contributed by atoms with Gasteiger partial charge in [0.15, 0.2) is 0 Å². The number of nitrogens with one attached hydrogen (secondary N) is 2. The highest BCUT2D eigenvalue weighted by molar-refractivity contribution is 5.73. The molecule has 1 unspecified atom stereocenters. The molecular weight excluding hydrogens is 268 g/mol. The van der Waals surface area contributed by atoms with Gasteiger partial charge in [0, 0.05) is 18.5 Å². The molecule has 5 nitrogen and oxygen atoms in total. The topological polar surface area (TPSA) is 70.6 Å². The summed E-state index contributed by atoms with van der Waals surface area (Å²) in [6, 6.07) is 7.63. The lowest BCUT2D eigenvalue weighted by Gasteiger charge is -2.26. The second kappa shape index (κ2) is 7.88. The van der Waals surface area contributed by atoms with E-state index in [2.05, 4.69) is 24.5 Å². The Balaban J connectivity index is 2.46. The van der Waals surface area contributed by atoms with E-state index in [-0.39, 0.29) is 11.4 Å². The number of aliphatic hydroxyl groups is 1. The molecule has 0 aliphatic carbocycles. The molecule has 2 amide bonds. The zero-order valence-corrected chi connectivity index (χ0v) is 13.3. The zero-order chi connectivity index (χ0) is 15.9. The van der Waals surface area contributed by atoms with Crippen molar-refractivity contribution in [3.63, 3.8) is 0 Å². The minimum absolute atomic E-state index is 0.173. The Labute approximate surface area is 126 Å². The number of carbonyl (C=O) groups excluding carboxylic acids is 1. The van der Waals surface area contributed by atoms with E-state index < -0.39 is 6.10 Å². The molecule has 0 aliphatic heterocycles. The third-order valence-corrected chi connectivity index (χ3v) is 3.41.